The summed E-state index contributed by atoms with van der Waals surface area (Å²) in [5.74, 6) is 0. The summed E-state index contributed by atoms with van der Waals surface area (Å²) in [6.45, 7) is 0. The quantitative estimate of drug-likeness (QED) is 0.174. The smallest absolute Gasteiger partial charge is 0.0725 e. The molecular formula is C54H35N. The van der Waals surface area contributed by atoms with Crippen molar-refractivity contribution in [1.29, 1.82) is 0 Å². The van der Waals surface area contributed by atoms with Crippen LogP contribution in [0, 0.1) is 0 Å². The Kier molecular flexibility index (Phi) is 7.15. The SMILES string of the molecule is c1ccc(-c2cccc(-c3cc(-c4ccc5c(c4)C4(c6ccccc6-c6ccccc64)c4ccccc4-5)cc(-c4cccc(-c5ccccc5)c4)n3)c2)cc1. The average molecular weight is 698 g/mol. The van der Waals surface area contributed by atoms with Crippen LogP contribution in [0.5, 0.6) is 0 Å². The molecule has 0 fully saturated rings. The second kappa shape index (κ2) is 12.5. The zero-order chi connectivity index (χ0) is 36.3. The largest absolute Gasteiger partial charge is 0.248 e. The molecule has 0 aliphatic heterocycles. The van der Waals surface area contributed by atoms with Crippen molar-refractivity contribution in [3.63, 3.8) is 0 Å². The molecule has 9 aromatic rings. The van der Waals surface area contributed by atoms with E-state index in [1.54, 1.807) is 0 Å². The monoisotopic (exact) mass is 697 g/mol. The highest BCUT2D eigenvalue weighted by Gasteiger charge is 2.51. The zero-order valence-electron chi connectivity index (χ0n) is 30.2. The van der Waals surface area contributed by atoms with E-state index in [0.29, 0.717) is 0 Å². The van der Waals surface area contributed by atoms with Crippen LogP contribution in [0.25, 0.3) is 78.1 Å². The van der Waals surface area contributed by atoms with Gasteiger partial charge in [-0.1, -0.05) is 182 Å². The topological polar surface area (TPSA) is 12.9 Å². The molecule has 55 heavy (non-hydrogen) atoms. The van der Waals surface area contributed by atoms with Gasteiger partial charge in [0.2, 0.25) is 0 Å². The summed E-state index contributed by atoms with van der Waals surface area (Å²) in [5, 5.41) is 0. The van der Waals surface area contributed by atoms with Gasteiger partial charge in [-0.25, -0.2) is 4.98 Å². The van der Waals surface area contributed by atoms with Gasteiger partial charge in [0.1, 0.15) is 0 Å². The Morgan fingerprint density at radius 1 is 0.236 bits per heavy atom. The zero-order valence-corrected chi connectivity index (χ0v) is 30.2. The molecule has 1 heterocycles. The Balaban J connectivity index is 1.14. The van der Waals surface area contributed by atoms with Gasteiger partial charge in [-0.15, -0.1) is 0 Å². The minimum Gasteiger partial charge on any atom is -0.248 e. The molecule has 0 bridgehead atoms. The number of hydrogen-bond donors (Lipinski definition) is 0. The Hall–Kier alpha value is -7.09. The number of rotatable bonds is 5. The average Bonchev–Trinajstić information content (AvgIpc) is 3.74. The molecule has 0 saturated carbocycles. The fourth-order valence-electron chi connectivity index (χ4n) is 9.24. The number of pyridine rings is 1. The maximum atomic E-state index is 5.40. The molecule has 11 rings (SSSR count). The van der Waals surface area contributed by atoms with Crippen LogP contribution < -0.4 is 0 Å². The molecule has 0 unspecified atom stereocenters. The molecule has 0 atom stereocenters. The summed E-state index contributed by atoms with van der Waals surface area (Å²) in [6.07, 6.45) is 0. The molecule has 1 nitrogen and oxygen atoms in total. The number of hydrogen-bond acceptors (Lipinski definition) is 1. The Morgan fingerprint density at radius 3 is 1.11 bits per heavy atom. The highest BCUT2D eigenvalue weighted by molar-refractivity contribution is 5.96. The molecule has 2 aliphatic rings. The second-order valence-corrected chi connectivity index (χ2v) is 14.7. The Morgan fingerprint density at radius 2 is 0.618 bits per heavy atom. The standard InChI is InChI=1S/C54H35N/c1-3-15-36(16-4-1)38-19-13-21-41(31-38)52-34-43(35-53(55-52)42-22-14-20-39(32-42)37-17-5-2-6-18-37)40-29-30-47-46-25-9-12-28-50(46)54(51(47)33-40)48-26-10-7-23-44(48)45-24-8-11-27-49(45)54/h1-35H. The molecule has 0 saturated heterocycles. The van der Waals surface area contributed by atoms with Gasteiger partial charge in [-0.05, 0) is 108 Å². The van der Waals surface area contributed by atoms with Gasteiger partial charge >= 0.3 is 0 Å². The molecule has 0 amide bonds. The Bertz CT molecular complexity index is 2760. The highest BCUT2D eigenvalue weighted by atomic mass is 14.7. The van der Waals surface area contributed by atoms with E-state index in [1.165, 1.54) is 72.3 Å². The fraction of sp³-hybridized carbons (Fsp3) is 0.0185. The van der Waals surface area contributed by atoms with Crippen molar-refractivity contribution >= 4 is 0 Å². The van der Waals surface area contributed by atoms with Gasteiger partial charge in [-0.2, -0.15) is 0 Å². The first kappa shape index (κ1) is 31.4. The van der Waals surface area contributed by atoms with Crippen molar-refractivity contribution in [2.24, 2.45) is 0 Å². The third-order valence-electron chi connectivity index (χ3n) is 11.7. The van der Waals surface area contributed by atoms with E-state index in [1.807, 2.05) is 0 Å². The summed E-state index contributed by atoms with van der Waals surface area (Å²) in [5.41, 5.74) is 21.4. The van der Waals surface area contributed by atoms with E-state index in [4.69, 9.17) is 4.98 Å². The lowest BCUT2D eigenvalue weighted by atomic mass is 9.70. The molecule has 256 valence electrons. The van der Waals surface area contributed by atoms with Gasteiger partial charge in [0.15, 0.2) is 0 Å². The van der Waals surface area contributed by atoms with Crippen LogP contribution in [-0.4, -0.2) is 4.98 Å². The first-order valence-electron chi connectivity index (χ1n) is 19.0. The Labute approximate surface area is 321 Å². The van der Waals surface area contributed by atoms with Gasteiger partial charge < -0.3 is 0 Å². The highest BCUT2D eigenvalue weighted by Crippen LogP contribution is 2.63. The number of fused-ring (bicyclic) bond motifs is 10. The molecule has 0 N–H and O–H groups in total. The van der Waals surface area contributed by atoms with Crippen LogP contribution in [0.4, 0.5) is 0 Å². The van der Waals surface area contributed by atoms with Crippen LogP contribution in [0.3, 0.4) is 0 Å². The lowest BCUT2D eigenvalue weighted by Gasteiger charge is -2.30. The minimum absolute atomic E-state index is 0.401. The predicted octanol–water partition coefficient (Wildman–Crippen LogP) is 13.8. The lowest BCUT2D eigenvalue weighted by Crippen LogP contribution is -2.25. The van der Waals surface area contributed by atoms with Crippen molar-refractivity contribution in [2.75, 3.05) is 0 Å². The van der Waals surface area contributed by atoms with E-state index in [-0.39, 0.29) is 0 Å². The third kappa shape index (κ3) is 4.90. The summed E-state index contributed by atoms with van der Waals surface area (Å²) in [7, 11) is 0. The normalized spacial score (nSPS) is 12.9. The van der Waals surface area contributed by atoms with E-state index in [9.17, 15) is 0 Å². The van der Waals surface area contributed by atoms with E-state index >= 15 is 0 Å². The summed E-state index contributed by atoms with van der Waals surface area (Å²) >= 11 is 0. The van der Waals surface area contributed by atoms with Gasteiger partial charge in [0.05, 0.1) is 16.8 Å². The maximum absolute atomic E-state index is 5.40. The van der Waals surface area contributed by atoms with Crippen LogP contribution in [0.1, 0.15) is 22.3 Å². The van der Waals surface area contributed by atoms with Crippen LogP contribution >= 0.6 is 0 Å². The number of nitrogens with zero attached hydrogens (tertiary/aromatic N) is 1. The summed E-state index contributed by atoms with van der Waals surface area (Å²) in [6, 6.07) is 77.5. The van der Waals surface area contributed by atoms with Crippen LogP contribution in [0.15, 0.2) is 212 Å². The molecular weight excluding hydrogens is 663 g/mol. The van der Waals surface area contributed by atoms with Crippen molar-refractivity contribution in [3.05, 3.63) is 235 Å². The van der Waals surface area contributed by atoms with E-state index in [2.05, 4.69) is 212 Å². The van der Waals surface area contributed by atoms with Crippen molar-refractivity contribution in [3.8, 4) is 78.1 Å². The van der Waals surface area contributed by atoms with Crippen molar-refractivity contribution in [2.45, 2.75) is 5.41 Å². The third-order valence-corrected chi connectivity index (χ3v) is 11.7. The molecule has 8 aromatic carbocycles. The predicted molar refractivity (Wildman–Crippen MR) is 228 cm³/mol. The lowest BCUT2D eigenvalue weighted by molar-refractivity contribution is 0.794. The van der Waals surface area contributed by atoms with E-state index in [0.717, 1.165) is 28.1 Å². The molecule has 1 heteroatoms. The van der Waals surface area contributed by atoms with Gasteiger partial charge in [-0.3, -0.25) is 0 Å². The van der Waals surface area contributed by atoms with Crippen molar-refractivity contribution < 1.29 is 0 Å². The molecule has 1 aromatic heterocycles. The molecule has 1 spiro atoms. The summed E-state index contributed by atoms with van der Waals surface area (Å²) in [4.78, 5) is 5.40. The maximum Gasteiger partial charge on any atom is 0.0725 e. The van der Waals surface area contributed by atoms with Crippen LogP contribution in [-0.2, 0) is 5.41 Å². The van der Waals surface area contributed by atoms with Gasteiger partial charge in [0.25, 0.3) is 0 Å². The number of aromatic nitrogens is 1. The first-order chi connectivity index (χ1) is 27.3. The fourth-order valence-corrected chi connectivity index (χ4v) is 9.24. The molecule has 0 radical (unpaired) electrons. The number of benzene rings is 8. The van der Waals surface area contributed by atoms with Crippen LogP contribution in [0.2, 0.25) is 0 Å². The second-order valence-electron chi connectivity index (χ2n) is 14.7. The van der Waals surface area contributed by atoms with E-state index < -0.39 is 5.41 Å². The summed E-state index contributed by atoms with van der Waals surface area (Å²) < 4.78 is 0. The molecule has 2 aliphatic carbocycles. The van der Waals surface area contributed by atoms with Crippen molar-refractivity contribution in [1.82, 2.24) is 4.98 Å². The van der Waals surface area contributed by atoms with Gasteiger partial charge in [0, 0.05) is 11.1 Å². The first-order valence-corrected chi connectivity index (χ1v) is 19.0. The minimum atomic E-state index is -0.401.